The Bertz CT molecular complexity index is 839. The van der Waals surface area contributed by atoms with E-state index in [-0.39, 0.29) is 24.7 Å². The first kappa shape index (κ1) is 17.9. The van der Waals surface area contributed by atoms with E-state index in [0.717, 1.165) is 6.07 Å². The van der Waals surface area contributed by atoms with Crippen molar-refractivity contribution in [2.24, 2.45) is 0 Å². The number of furan rings is 1. The Morgan fingerprint density at radius 2 is 2.04 bits per heavy atom. The number of aromatic nitrogens is 3. The highest BCUT2D eigenvalue weighted by Crippen LogP contribution is 2.32. The molecule has 0 aromatic carbocycles. The molecule has 0 aliphatic heterocycles. The van der Waals surface area contributed by atoms with Gasteiger partial charge in [0.1, 0.15) is 11.6 Å². The zero-order valence-electron chi connectivity index (χ0n) is 13.4. The molecule has 3 heterocycles. The van der Waals surface area contributed by atoms with Crippen LogP contribution in [0.25, 0.3) is 11.4 Å². The maximum atomic E-state index is 13.2. The molecular weight excluding hydrogens is 349 g/mol. The summed E-state index contributed by atoms with van der Waals surface area (Å²) in [5.74, 6) is 0.354. The Morgan fingerprint density at radius 1 is 1.19 bits per heavy atom. The van der Waals surface area contributed by atoms with Gasteiger partial charge in [-0.3, -0.25) is 4.98 Å². The largest absolute Gasteiger partial charge is 0.467 e. The van der Waals surface area contributed by atoms with Crippen molar-refractivity contribution in [3.63, 3.8) is 0 Å². The van der Waals surface area contributed by atoms with Crippen LogP contribution < -0.4 is 5.32 Å². The molecule has 3 aromatic heterocycles. The molecule has 0 saturated heterocycles. The number of pyridine rings is 1. The highest BCUT2D eigenvalue weighted by Gasteiger charge is 2.34. The van der Waals surface area contributed by atoms with Crippen molar-refractivity contribution in [3.05, 3.63) is 60.4 Å². The molecule has 9 heteroatoms. The molecule has 0 saturated carbocycles. The number of aliphatic hydroxyl groups is 1. The van der Waals surface area contributed by atoms with E-state index in [2.05, 4.69) is 20.3 Å². The normalized spacial score (nSPS) is 12.8. The maximum Gasteiger partial charge on any atom is 0.433 e. The number of rotatable bonds is 6. The smallest absolute Gasteiger partial charge is 0.433 e. The van der Waals surface area contributed by atoms with E-state index >= 15 is 0 Å². The van der Waals surface area contributed by atoms with Gasteiger partial charge < -0.3 is 14.8 Å². The van der Waals surface area contributed by atoms with Crippen molar-refractivity contribution in [2.75, 3.05) is 11.9 Å². The van der Waals surface area contributed by atoms with Gasteiger partial charge in [-0.05, 0) is 30.7 Å². The first-order chi connectivity index (χ1) is 12.5. The molecule has 0 aliphatic rings. The van der Waals surface area contributed by atoms with Gasteiger partial charge in [-0.25, -0.2) is 9.97 Å². The summed E-state index contributed by atoms with van der Waals surface area (Å²) in [5.41, 5.74) is -0.714. The van der Waals surface area contributed by atoms with Crippen LogP contribution in [0.3, 0.4) is 0 Å². The van der Waals surface area contributed by atoms with Gasteiger partial charge in [0.25, 0.3) is 0 Å². The number of nitrogens with one attached hydrogen (secondary N) is 1. The summed E-state index contributed by atoms with van der Waals surface area (Å²) in [4.78, 5) is 11.6. The Balaban J connectivity index is 2.00. The maximum absolute atomic E-state index is 13.2. The fraction of sp³-hybridized carbons (Fsp3) is 0.235. The van der Waals surface area contributed by atoms with E-state index in [1.807, 2.05) is 0 Å². The molecular formula is C17H15F3N4O2. The van der Waals surface area contributed by atoms with Gasteiger partial charge in [0.2, 0.25) is 0 Å². The molecule has 3 aromatic rings. The first-order valence-electron chi connectivity index (χ1n) is 7.75. The lowest BCUT2D eigenvalue weighted by Gasteiger charge is -2.18. The minimum absolute atomic E-state index is 0.0268. The first-order valence-corrected chi connectivity index (χ1v) is 7.75. The molecule has 0 radical (unpaired) electrons. The molecule has 2 N–H and O–H groups in total. The van der Waals surface area contributed by atoms with Gasteiger partial charge in [0, 0.05) is 30.6 Å². The van der Waals surface area contributed by atoms with E-state index < -0.39 is 17.9 Å². The summed E-state index contributed by atoms with van der Waals surface area (Å²) in [7, 11) is 0. The van der Waals surface area contributed by atoms with E-state index in [9.17, 15) is 18.3 Å². The summed E-state index contributed by atoms with van der Waals surface area (Å²) in [6.45, 7) is -0.176. The van der Waals surface area contributed by atoms with Crippen LogP contribution in [-0.4, -0.2) is 26.7 Å². The van der Waals surface area contributed by atoms with Crippen LogP contribution in [0.15, 0.2) is 53.4 Å². The van der Waals surface area contributed by atoms with E-state index in [1.165, 1.54) is 18.7 Å². The molecule has 0 aliphatic carbocycles. The minimum atomic E-state index is -4.63. The van der Waals surface area contributed by atoms with E-state index in [0.29, 0.717) is 11.3 Å². The van der Waals surface area contributed by atoms with Crippen LogP contribution in [0.5, 0.6) is 0 Å². The summed E-state index contributed by atoms with van der Waals surface area (Å²) in [5, 5.41) is 12.1. The van der Waals surface area contributed by atoms with Gasteiger partial charge in [-0.15, -0.1) is 0 Å². The number of hydrogen-bond acceptors (Lipinski definition) is 6. The topological polar surface area (TPSA) is 84.1 Å². The van der Waals surface area contributed by atoms with Crippen LogP contribution in [0.2, 0.25) is 0 Å². The predicted molar refractivity (Wildman–Crippen MR) is 87.0 cm³/mol. The molecule has 0 spiro atoms. The van der Waals surface area contributed by atoms with Crippen LogP contribution >= 0.6 is 0 Å². The highest BCUT2D eigenvalue weighted by atomic mass is 19.4. The van der Waals surface area contributed by atoms with E-state index in [4.69, 9.17) is 4.42 Å². The second-order valence-corrected chi connectivity index (χ2v) is 5.43. The monoisotopic (exact) mass is 364 g/mol. The Labute approximate surface area is 146 Å². The van der Waals surface area contributed by atoms with E-state index in [1.54, 1.807) is 24.3 Å². The Hall–Kier alpha value is -2.94. The number of alkyl halides is 3. The third-order valence-electron chi connectivity index (χ3n) is 3.56. The van der Waals surface area contributed by atoms with Crippen molar-refractivity contribution in [1.82, 2.24) is 15.0 Å². The molecule has 136 valence electrons. The number of anilines is 1. The summed E-state index contributed by atoms with van der Waals surface area (Å²) >= 11 is 0. The lowest BCUT2D eigenvalue weighted by Crippen LogP contribution is -2.16. The lowest BCUT2D eigenvalue weighted by atomic mass is 10.1. The molecule has 0 amide bonds. The van der Waals surface area contributed by atoms with Crippen LogP contribution in [0, 0.1) is 0 Å². The van der Waals surface area contributed by atoms with Gasteiger partial charge in [-0.1, -0.05) is 0 Å². The molecule has 0 bridgehead atoms. The number of halogens is 3. The highest BCUT2D eigenvalue weighted by molar-refractivity contribution is 5.56. The SMILES string of the molecule is OCCC(Nc1cc(C(F)(F)F)nc(-c2cccnc2)n1)c1ccco1. The summed E-state index contributed by atoms with van der Waals surface area (Å²) in [6, 6.07) is 6.78. The molecule has 0 fully saturated rings. The molecule has 3 rings (SSSR count). The fourth-order valence-electron chi connectivity index (χ4n) is 2.37. The average molecular weight is 364 g/mol. The van der Waals surface area contributed by atoms with Crippen molar-refractivity contribution in [1.29, 1.82) is 0 Å². The van der Waals surface area contributed by atoms with Gasteiger partial charge in [0.15, 0.2) is 11.5 Å². The Morgan fingerprint density at radius 3 is 2.65 bits per heavy atom. The summed E-state index contributed by atoms with van der Waals surface area (Å²) in [6.07, 6.45) is -0.0559. The van der Waals surface area contributed by atoms with Crippen LogP contribution in [0.1, 0.15) is 23.9 Å². The van der Waals surface area contributed by atoms with Crippen molar-refractivity contribution in [3.8, 4) is 11.4 Å². The zero-order chi connectivity index (χ0) is 18.6. The third kappa shape index (κ3) is 4.17. The molecule has 1 unspecified atom stereocenters. The zero-order valence-corrected chi connectivity index (χ0v) is 13.4. The van der Waals surface area contributed by atoms with Crippen molar-refractivity contribution >= 4 is 5.82 Å². The average Bonchev–Trinajstić information content (AvgIpc) is 3.16. The standard InChI is InChI=1S/C17H15F3N4O2/c18-17(19,20)14-9-15(22-12(5-7-25)13-4-2-8-26-13)24-16(23-14)11-3-1-6-21-10-11/h1-4,6,8-10,12,25H,5,7H2,(H,22,23,24). The minimum Gasteiger partial charge on any atom is -0.467 e. The van der Waals surface area contributed by atoms with Crippen LogP contribution in [0.4, 0.5) is 19.0 Å². The number of aliphatic hydroxyl groups excluding tert-OH is 1. The van der Waals surface area contributed by atoms with Crippen molar-refractivity contribution in [2.45, 2.75) is 18.6 Å². The fourth-order valence-corrected chi connectivity index (χ4v) is 2.37. The van der Waals surface area contributed by atoms with Gasteiger partial charge in [-0.2, -0.15) is 13.2 Å². The second kappa shape index (κ2) is 7.52. The quantitative estimate of drug-likeness (QED) is 0.694. The second-order valence-electron chi connectivity index (χ2n) is 5.43. The summed E-state index contributed by atoms with van der Waals surface area (Å²) < 4.78 is 45.0. The van der Waals surface area contributed by atoms with Gasteiger partial charge in [0.05, 0.1) is 12.3 Å². The molecule has 26 heavy (non-hydrogen) atoms. The Kier molecular flexibility index (Phi) is 5.17. The van der Waals surface area contributed by atoms with Crippen LogP contribution in [-0.2, 0) is 6.18 Å². The predicted octanol–water partition coefficient (Wildman–Crippen LogP) is 3.69. The lowest BCUT2D eigenvalue weighted by molar-refractivity contribution is -0.141. The molecule has 6 nitrogen and oxygen atoms in total. The number of nitrogens with zero attached hydrogens (tertiary/aromatic N) is 3. The van der Waals surface area contributed by atoms with Gasteiger partial charge >= 0.3 is 6.18 Å². The van der Waals surface area contributed by atoms with Crippen molar-refractivity contribution < 1.29 is 22.7 Å². The molecule has 1 atom stereocenters. The third-order valence-corrected chi connectivity index (χ3v) is 3.56. The number of hydrogen-bond donors (Lipinski definition) is 2.